The molecule has 100 valence electrons. The van der Waals surface area contributed by atoms with Gasteiger partial charge in [-0.25, -0.2) is 8.78 Å². The SMILES string of the molecule is COCCCN(C)CC(=O)c1ccc(F)cc1F. The fourth-order valence-corrected chi connectivity index (χ4v) is 1.60. The molecule has 0 fully saturated rings. The summed E-state index contributed by atoms with van der Waals surface area (Å²) in [6.07, 6.45) is 0.798. The Bertz CT molecular complexity index is 410. The van der Waals surface area contributed by atoms with E-state index in [1.165, 1.54) is 6.07 Å². The zero-order valence-electron chi connectivity index (χ0n) is 10.6. The van der Waals surface area contributed by atoms with Gasteiger partial charge >= 0.3 is 0 Å². The van der Waals surface area contributed by atoms with Gasteiger partial charge in [0.1, 0.15) is 11.6 Å². The molecule has 3 nitrogen and oxygen atoms in total. The molecule has 0 aliphatic rings. The van der Waals surface area contributed by atoms with E-state index in [1.807, 2.05) is 0 Å². The van der Waals surface area contributed by atoms with E-state index < -0.39 is 11.6 Å². The van der Waals surface area contributed by atoms with E-state index in [1.54, 1.807) is 19.1 Å². The fraction of sp³-hybridized carbons (Fsp3) is 0.462. The number of benzene rings is 1. The molecule has 1 rings (SSSR count). The number of methoxy groups -OCH3 is 1. The molecule has 5 heteroatoms. The second-order valence-corrected chi connectivity index (χ2v) is 4.13. The highest BCUT2D eigenvalue weighted by molar-refractivity contribution is 5.97. The van der Waals surface area contributed by atoms with E-state index in [4.69, 9.17) is 4.74 Å². The number of halogens is 2. The summed E-state index contributed by atoms with van der Waals surface area (Å²) < 4.78 is 31.0. The first-order valence-electron chi connectivity index (χ1n) is 5.70. The molecule has 0 saturated carbocycles. The van der Waals surface area contributed by atoms with Crippen LogP contribution in [0.3, 0.4) is 0 Å². The molecular formula is C13H17F2NO2. The molecule has 0 amide bonds. The smallest absolute Gasteiger partial charge is 0.179 e. The van der Waals surface area contributed by atoms with Gasteiger partial charge in [0.2, 0.25) is 0 Å². The largest absolute Gasteiger partial charge is 0.385 e. The van der Waals surface area contributed by atoms with E-state index in [-0.39, 0.29) is 17.9 Å². The zero-order valence-corrected chi connectivity index (χ0v) is 10.6. The Hall–Kier alpha value is -1.33. The van der Waals surface area contributed by atoms with E-state index in [9.17, 15) is 13.6 Å². The second kappa shape index (κ2) is 7.18. The molecule has 0 radical (unpaired) electrons. The summed E-state index contributed by atoms with van der Waals surface area (Å²) in [5.41, 5.74) is -0.0741. The third kappa shape index (κ3) is 4.50. The van der Waals surface area contributed by atoms with Crippen LogP contribution in [0.4, 0.5) is 8.78 Å². The molecule has 0 N–H and O–H groups in total. The van der Waals surface area contributed by atoms with Crippen molar-refractivity contribution in [2.45, 2.75) is 6.42 Å². The van der Waals surface area contributed by atoms with Crippen LogP contribution in [0, 0.1) is 11.6 Å². The van der Waals surface area contributed by atoms with Crippen LogP contribution in [0.1, 0.15) is 16.8 Å². The fourth-order valence-electron chi connectivity index (χ4n) is 1.60. The van der Waals surface area contributed by atoms with Crippen LogP contribution in [-0.4, -0.2) is 44.5 Å². The number of hydrogen-bond acceptors (Lipinski definition) is 3. The number of carbonyl (C=O) groups excluding carboxylic acids is 1. The molecule has 0 aliphatic carbocycles. The van der Waals surface area contributed by atoms with Gasteiger partial charge in [0.25, 0.3) is 0 Å². The number of ketones is 1. The molecule has 0 aromatic heterocycles. The van der Waals surface area contributed by atoms with Gasteiger partial charge in [-0.2, -0.15) is 0 Å². The predicted octanol–water partition coefficient (Wildman–Crippen LogP) is 2.12. The Kier molecular flexibility index (Phi) is 5.88. The molecule has 0 heterocycles. The van der Waals surface area contributed by atoms with E-state index in [0.717, 1.165) is 18.6 Å². The number of Topliss-reactive ketones (excluding diaryl/α,β-unsaturated/α-hetero) is 1. The Labute approximate surface area is 105 Å². The monoisotopic (exact) mass is 257 g/mol. The van der Waals surface area contributed by atoms with Crippen molar-refractivity contribution in [1.82, 2.24) is 4.90 Å². The van der Waals surface area contributed by atoms with Crippen LogP contribution in [0.25, 0.3) is 0 Å². The van der Waals surface area contributed by atoms with Crippen LogP contribution in [-0.2, 0) is 4.74 Å². The molecule has 0 saturated heterocycles. The van der Waals surface area contributed by atoms with Crippen molar-refractivity contribution in [3.05, 3.63) is 35.4 Å². The Morgan fingerprint density at radius 2 is 2.11 bits per heavy atom. The number of nitrogens with zero attached hydrogens (tertiary/aromatic N) is 1. The number of hydrogen-bond donors (Lipinski definition) is 0. The predicted molar refractivity (Wildman–Crippen MR) is 64.7 cm³/mol. The minimum absolute atomic E-state index is 0.0741. The minimum Gasteiger partial charge on any atom is -0.385 e. The molecule has 0 spiro atoms. The van der Waals surface area contributed by atoms with Gasteiger partial charge in [-0.1, -0.05) is 0 Å². The highest BCUT2D eigenvalue weighted by Gasteiger charge is 2.14. The van der Waals surface area contributed by atoms with E-state index in [2.05, 4.69) is 0 Å². The Morgan fingerprint density at radius 3 is 2.72 bits per heavy atom. The lowest BCUT2D eigenvalue weighted by Gasteiger charge is -2.15. The normalized spacial score (nSPS) is 10.9. The standard InChI is InChI=1S/C13H17F2NO2/c1-16(6-3-7-18-2)9-13(17)11-5-4-10(14)8-12(11)15/h4-5,8H,3,6-7,9H2,1-2H3. The number of rotatable bonds is 7. The Morgan fingerprint density at radius 1 is 1.39 bits per heavy atom. The third-order valence-electron chi connectivity index (χ3n) is 2.53. The summed E-state index contributed by atoms with van der Waals surface area (Å²) in [7, 11) is 3.38. The molecule has 1 aromatic carbocycles. The van der Waals surface area contributed by atoms with Crippen molar-refractivity contribution in [3.63, 3.8) is 0 Å². The lowest BCUT2D eigenvalue weighted by Crippen LogP contribution is -2.28. The van der Waals surface area contributed by atoms with E-state index in [0.29, 0.717) is 13.2 Å². The first kappa shape index (κ1) is 14.7. The number of carbonyl (C=O) groups is 1. The van der Waals surface area contributed by atoms with Gasteiger partial charge in [-0.05, 0) is 25.6 Å². The summed E-state index contributed by atoms with van der Waals surface area (Å²) in [6, 6.07) is 2.98. The maximum atomic E-state index is 13.4. The number of likely N-dealkylation sites (N-methyl/N-ethyl adjacent to an activating group) is 1. The van der Waals surface area contributed by atoms with Crippen molar-refractivity contribution in [1.29, 1.82) is 0 Å². The first-order valence-corrected chi connectivity index (χ1v) is 5.70. The van der Waals surface area contributed by atoms with E-state index >= 15 is 0 Å². The van der Waals surface area contributed by atoms with Crippen LogP contribution < -0.4 is 0 Å². The quantitative estimate of drug-likeness (QED) is 0.553. The molecule has 0 atom stereocenters. The minimum atomic E-state index is -0.815. The van der Waals surface area contributed by atoms with Crippen molar-refractivity contribution < 1.29 is 18.3 Å². The first-order chi connectivity index (χ1) is 8.54. The van der Waals surface area contributed by atoms with Crippen LogP contribution in [0.15, 0.2) is 18.2 Å². The summed E-state index contributed by atoms with van der Waals surface area (Å²) >= 11 is 0. The average molecular weight is 257 g/mol. The third-order valence-corrected chi connectivity index (χ3v) is 2.53. The summed E-state index contributed by atoms with van der Waals surface area (Å²) in [5.74, 6) is -1.85. The summed E-state index contributed by atoms with van der Waals surface area (Å²) in [4.78, 5) is 13.6. The average Bonchev–Trinajstić information content (AvgIpc) is 2.28. The maximum absolute atomic E-state index is 13.4. The zero-order chi connectivity index (χ0) is 13.5. The lowest BCUT2D eigenvalue weighted by molar-refractivity contribution is 0.0934. The molecule has 0 aliphatic heterocycles. The second-order valence-electron chi connectivity index (χ2n) is 4.13. The topological polar surface area (TPSA) is 29.5 Å². The van der Waals surface area contributed by atoms with Gasteiger partial charge < -0.3 is 4.74 Å². The summed E-state index contributed by atoms with van der Waals surface area (Å²) in [5, 5.41) is 0. The number of ether oxygens (including phenoxy) is 1. The maximum Gasteiger partial charge on any atom is 0.179 e. The van der Waals surface area contributed by atoms with Crippen LogP contribution in [0.2, 0.25) is 0 Å². The highest BCUT2D eigenvalue weighted by Crippen LogP contribution is 2.10. The summed E-state index contributed by atoms with van der Waals surface area (Å²) in [6.45, 7) is 1.40. The molecule has 18 heavy (non-hydrogen) atoms. The lowest BCUT2D eigenvalue weighted by atomic mass is 10.1. The van der Waals surface area contributed by atoms with Crippen molar-refractivity contribution in [2.75, 3.05) is 33.9 Å². The molecule has 0 unspecified atom stereocenters. The van der Waals surface area contributed by atoms with Gasteiger partial charge in [0.05, 0.1) is 12.1 Å². The molecule has 1 aromatic rings. The van der Waals surface area contributed by atoms with Crippen LogP contribution in [0.5, 0.6) is 0 Å². The van der Waals surface area contributed by atoms with Crippen molar-refractivity contribution in [2.24, 2.45) is 0 Å². The van der Waals surface area contributed by atoms with Crippen LogP contribution >= 0.6 is 0 Å². The van der Waals surface area contributed by atoms with Crippen molar-refractivity contribution in [3.8, 4) is 0 Å². The van der Waals surface area contributed by atoms with Gasteiger partial charge in [0.15, 0.2) is 5.78 Å². The Balaban J connectivity index is 2.54. The highest BCUT2D eigenvalue weighted by atomic mass is 19.1. The molecular weight excluding hydrogens is 240 g/mol. The van der Waals surface area contributed by atoms with Gasteiger partial charge in [-0.3, -0.25) is 9.69 Å². The molecule has 0 bridgehead atoms. The van der Waals surface area contributed by atoms with Crippen molar-refractivity contribution >= 4 is 5.78 Å². The van der Waals surface area contributed by atoms with Gasteiger partial charge in [-0.15, -0.1) is 0 Å². The van der Waals surface area contributed by atoms with Gasteiger partial charge in [0, 0.05) is 26.3 Å².